The van der Waals surface area contributed by atoms with Crippen LogP contribution in [-0.2, 0) is 16.0 Å². The van der Waals surface area contributed by atoms with Crippen molar-refractivity contribution in [1.82, 2.24) is 15.1 Å². The van der Waals surface area contributed by atoms with E-state index in [9.17, 15) is 18.8 Å². The Hall–Kier alpha value is -3.22. The second-order valence-corrected chi connectivity index (χ2v) is 9.55. The van der Waals surface area contributed by atoms with Crippen molar-refractivity contribution in [2.75, 3.05) is 26.2 Å². The van der Waals surface area contributed by atoms with Crippen LogP contribution in [0.2, 0.25) is 0 Å². The van der Waals surface area contributed by atoms with Gasteiger partial charge in [0.15, 0.2) is 0 Å². The van der Waals surface area contributed by atoms with Crippen molar-refractivity contribution in [1.29, 1.82) is 0 Å². The number of carbonyl (C=O) groups is 3. The minimum atomic E-state index is -0.646. The number of hydrogen-bond acceptors (Lipinski definition) is 3. The number of likely N-dealkylation sites (tertiary alicyclic amines) is 2. The fourth-order valence-corrected chi connectivity index (χ4v) is 5.05. The highest BCUT2D eigenvalue weighted by atomic mass is 19.1. The highest BCUT2D eigenvalue weighted by Crippen LogP contribution is 2.24. The van der Waals surface area contributed by atoms with E-state index >= 15 is 0 Å². The van der Waals surface area contributed by atoms with Crippen molar-refractivity contribution >= 4 is 17.7 Å². The van der Waals surface area contributed by atoms with E-state index in [4.69, 9.17) is 0 Å². The maximum Gasteiger partial charge on any atom is 0.251 e. The smallest absolute Gasteiger partial charge is 0.251 e. The van der Waals surface area contributed by atoms with Crippen LogP contribution < -0.4 is 5.32 Å². The molecule has 2 aliphatic heterocycles. The standard InChI is InChI=1S/C28H34FN3O3/c29-24-12-10-23(11-13-24)27(34)30-26(28(35)32-17-5-2-6-18-32)22-15-19-31(20-16-22)25(33)14-9-21-7-3-1-4-8-21/h1,3-4,7-8,10-13,22,26H,2,5-6,9,14-20H2,(H,30,34)/t26-/m1/s1. The number of carbonyl (C=O) groups excluding carboxylic acids is 3. The van der Waals surface area contributed by atoms with Crippen molar-refractivity contribution in [3.8, 4) is 0 Å². The van der Waals surface area contributed by atoms with Crippen molar-refractivity contribution in [2.45, 2.75) is 51.0 Å². The van der Waals surface area contributed by atoms with Crippen LogP contribution >= 0.6 is 0 Å². The van der Waals surface area contributed by atoms with E-state index in [0.717, 1.165) is 24.8 Å². The maximum absolute atomic E-state index is 13.5. The van der Waals surface area contributed by atoms with Gasteiger partial charge in [0.1, 0.15) is 11.9 Å². The summed E-state index contributed by atoms with van der Waals surface area (Å²) in [6, 6.07) is 14.7. The second-order valence-electron chi connectivity index (χ2n) is 9.55. The molecule has 2 aromatic carbocycles. The van der Waals surface area contributed by atoms with E-state index in [-0.39, 0.29) is 23.6 Å². The van der Waals surface area contributed by atoms with Gasteiger partial charge in [-0.15, -0.1) is 0 Å². The normalized spacial score (nSPS) is 17.6. The van der Waals surface area contributed by atoms with Crippen molar-refractivity contribution < 1.29 is 18.8 Å². The van der Waals surface area contributed by atoms with Gasteiger partial charge in [-0.2, -0.15) is 0 Å². The van der Waals surface area contributed by atoms with Gasteiger partial charge in [0, 0.05) is 38.2 Å². The number of hydrogen-bond donors (Lipinski definition) is 1. The van der Waals surface area contributed by atoms with Crippen LogP contribution in [0.4, 0.5) is 4.39 Å². The van der Waals surface area contributed by atoms with Gasteiger partial charge >= 0.3 is 0 Å². The summed E-state index contributed by atoms with van der Waals surface area (Å²) >= 11 is 0. The third-order valence-corrected chi connectivity index (χ3v) is 7.16. The number of nitrogens with one attached hydrogen (secondary N) is 1. The predicted octanol–water partition coefficient (Wildman–Crippen LogP) is 3.81. The molecule has 2 aromatic rings. The maximum atomic E-state index is 13.5. The highest BCUT2D eigenvalue weighted by Gasteiger charge is 2.36. The minimum absolute atomic E-state index is 0.0472. The molecule has 0 aromatic heterocycles. The molecule has 0 bridgehead atoms. The summed E-state index contributed by atoms with van der Waals surface area (Å²) in [5, 5.41) is 2.95. The summed E-state index contributed by atoms with van der Waals surface area (Å²) in [4.78, 5) is 42.9. The summed E-state index contributed by atoms with van der Waals surface area (Å²) in [5.74, 6) is -0.754. The topological polar surface area (TPSA) is 69.7 Å². The number of benzene rings is 2. The number of halogens is 1. The third-order valence-electron chi connectivity index (χ3n) is 7.16. The van der Waals surface area contributed by atoms with Crippen molar-refractivity contribution in [2.24, 2.45) is 5.92 Å². The molecule has 3 amide bonds. The Balaban J connectivity index is 1.38. The number of amides is 3. The summed E-state index contributed by atoms with van der Waals surface area (Å²) < 4.78 is 13.3. The third kappa shape index (κ3) is 6.68. The fourth-order valence-electron chi connectivity index (χ4n) is 5.05. The highest BCUT2D eigenvalue weighted by molar-refractivity contribution is 5.97. The molecule has 0 aliphatic carbocycles. The number of nitrogens with zero attached hydrogens (tertiary/aromatic N) is 2. The van der Waals surface area contributed by atoms with E-state index in [1.807, 2.05) is 40.1 Å². The van der Waals surface area contributed by atoms with E-state index in [1.165, 1.54) is 24.3 Å². The molecule has 0 radical (unpaired) electrons. The van der Waals surface area contributed by atoms with Crippen LogP contribution in [0, 0.1) is 11.7 Å². The molecule has 0 spiro atoms. The van der Waals surface area contributed by atoms with Crippen LogP contribution in [0.3, 0.4) is 0 Å². The molecular weight excluding hydrogens is 445 g/mol. The van der Waals surface area contributed by atoms with Crippen molar-refractivity contribution in [3.05, 3.63) is 71.5 Å². The lowest BCUT2D eigenvalue weighted by molar-refractivity contribution is -0.137. The molecule has 35 heavy (non-hydrogen) atoms. The Bertz CT molecular complexity index is 998. The lowest BCUT2D eigenvalue weighted by atomic mass is 9.87. The average molecular weight is 480 g/mol. The largest absolute Gasteiger partial charge is 0.343 e. The van der Waals surface area contributed by atoms with E-state index < -0.39 is 11.9 Å². The SMILES string of the molecule is O=C(N[C@@H](C(=O)N1CCCCC1)C1CCN(C(=O)CCc2ccccc2)CC1)c1ccc(F)cc1. The Morgan fingerprint density at radius 1 is 0.857 bits per heavy atom. The fraction of sp³-hybridized carbons (Fsp3) is 0.464. The van der Waals surface area contributed by atoms with Gasteiger partial charge in [-0.05, 0) is 74.3 Å². The molecule has 2 fully saturated rings. The first-order valence-electron chi connectivity index (χ1n) is 12.7. The zero-order valence-electron chi connectivity index (χ0n) is 20.1. The van der Waals surface area contributed by atoms with Gasteiger partial charge in [-0.3, -0.25) is 14.4 Å². The van der Waals surface area contributed by atoms with Gasteiger partial charge in [0.05, 0.1) is 0 Å². The molecule has 0 unspecified atom stereocenters. The second kappa shape index (κ2) is 12.0. The van der Waals surface area contributed by atoms with Crippen LogP contribution in [0.25, 0.3) is 0 Å². The van der Waals surface area contributed by atoms with E-state index in [1.54, 1.807) is 0 Å². The molecular formula is C28H34FN3O3. The Kier molecular flexibility index (Phi) is 8.50. The molecule has 0 saturated carbocycles. The first kappa shape index (κ1) is 24.9. The number of aryl methyl sites for hydroxylation is 1. The molecule has 1 N–H and O–H groups in total. The molecule has 2 aliphatic rings. The minimum Gasteiger partial charge on any atom is -0.343 e. The Morgan fingerprint density at radius 3 is 2.17 bits per heavy atom. The monoisotopic (exact) mass is 479 g/mol. The van der Waals surface area contributed by atoms with Gasteiger partial charge < -0.3 is 15.1 Å². The number of rotatable bonds is 7. The first-order valence-corrected chi connectivity index (χ1v) is 12.7. The average Bonchev–Trinajstić information content (AvgIpc) is 2.91. The van der Waals surface area contributed by atoms with E-state index in [2.05, 4.69) is 5.32 Å². The summed E-state index contributed by atoms with van der Waals surface area (Å²) in [6.45, 7) is 2.57. The van der Waals surface area contributed by atoms with Gasteiger partial charge in [-0.1, -0.05) is 30.3 Å². The predicted molar refractivity (Wildman–Crippen MR) is 132 cm³/mol. The molecule has 2 saturated heterocycles. The van der Waals surface area contributed by atoms with Gasteiger partial charge in [-0.25, -0.2) is 4.39 Å². The molecule has 2 heterocycles. The molecule has 4 rings (SSSR count). The van der Waals surface area contributed by atoms with Crippen molar-refractivity contribution in [3.63, 3.8) is 0 Å². The molecule has 1 atom stereocenters. The van der Waals surface area contributed by atoms with Crippen LogP contribution in [0.15, 0.2) is 54.6 Å². The van der Waals surface area contributed by atoms with Gasteiger partial charge in [0.25, 0.3) is 5.91 Å². The van der Waals surface area contributed by atoms with E-state index in [0.29, 0.717) is 57.4 Å². The summed E-state index contributed by atoms with van der Waals surface area (Å²) in [7, 11) is 0. The van der Waals surface area contributed by atoms with Crippen LogP contribution in [0.5, 0.6) is 0 Å². The Labute approximate surface area is 206 Å². The molecule has 7 heteroatoms. The first-order chi connectivity index (χ1) is 17.0. The van der Waals surface area contributed by atoms with Crippen LogP contribution in [-0.4, -0.2) is 59.7 Å². The zero-order chi connectivity index (χ0) is 24.6. The summed E-state index contributed by atoms with van der Waals surface area (Å²) in [5.41, 5.74) is 1.47. The molecule has 6 nitrogen and oxygen atoms in total. The summed E-state index contributed by atoms with van der Waals surface area (Å²) in [6.07, 6.45) is 5.54. The molecule has 186 valence electrons. The lowest BCUT2D eigenvalue weighted by Crippen LogP contribution is -2.55. The quantitative estimate of drug-likeness (QED) is 0.657. The lowest BCUT2D eigenvalue weighted by Gasteiger charge is -2.38. The van der Waals surface area contributed by atoms with Gasteiger partial charge in [0.2, 0.25) is 11.8 Å². The van der Waals surface area contributed by atoms with Crippen LogP contribution in [0.1, 0.15) is 54.4 Å². The Morgan fingerprint density at radius 2 is 1.51 bits per heavy atom. The zero-order valence-corrected chi connectivity index (χ0v) is 20.1. The number of piperidine rings is 2.